The fourth-order valence-electron chi connectivity index (χ4n) is 2.65. The van der Waals surface area contributed by atoms with E-state index in [1.54, 1.807) is 12.4 Å². The van der Waals surface area contributed by atoms with Crippen LogP contribution in [0.4, 0.5) is 11.6 Å². The number of carbonyl (C=O) groups is 1. The lowest BCUT2D eigenvalue weighted by Crippen LogP contribution is -2.45. The fraction of sp³-hybridized carbons (Fsp3) is 0.389. The van der Waals surface area contributed by atoms with Gasteiger partial charge in [-0.3, -0.25) is 4.79 Å². The first kappa shape index (κ1) is 16.4. The molecule has 2 aromatic rings. The third kappa shape index (κ3) is 3.89. The molecule has 6 heteroatoms. The van der Waals surface area contributed by atoms with Gasteiger partial charge in [0.25, 0.3) is 5.91 Å². The molecule has 0 spiro atoms. The Bertz CT molecular complexity index is 676. The topological polar surface area (TPSA) is 61.4 Å². The fourth-order valence-corrected chi connectivity index (χ4v) is 2.65. The molecule has 126 valence electrons. The molecule has 1 aliphatic heterocycles. The Hall–Kier alpha value is -2.47. The molecule has 0 saturated carbocycles. The molecular weight excluding hydrogens is 302 g/mol. The Labute approximate surface area is 142 Å². The van der Waals surface area contributed by atoms with Crippen LogP contribution in [0.15, 0.2) is 36.7 Å². The minimum Gasteiger partial charge on any atom is -0.338 e. The predicted octanol–water partition coefficient (Wildman–Crippen LogP) is 2.04. The number of hydrogen-bond donors (Lipinski definition) is 1. The molecule has 1 N–H and O–H groups in total. The molecule has 0 radical (unpaired) electrons. The molecule has 0 aliphatic carbocycles. The molecule has 0 unspecified atom stereocenters. The second-order valence-electron chi connectivity index (χ2n) is 6.07. The second kappa shape index (κ2) is 7.40. The molecule has 24 heavy (non-hydrogen) atoms. The van der Waals surface area contributed by atoms with E-state index in [0.717, 1.165) is 32.6 Å². The van der Waals surface area contributed by atoms with Crippen molar-refractivity contribution in [2.45, 2.75) is 13.3 Å². The van der Waals surface area contributed by atoms with E-state index in [0.29, 0.717) is 17.2 Å². The highest BCUT2D eigenvalue weighted by molar-refractivity contribution is 6.04. The normalized spacial score (nSPS) is 15.3. The number of aryl methyl sites for hydroxylation is 1. The largest absolute Gasteiger partial charge is 0.338 e. The summed E-state index contributed by atoms with van der Waals surface area (Å²) in [4.78, 5) is 25.5. The van der Waals surface area contributed by atoms with Crippen LogP contribution in [0.2, 0.25) is 0 Å². The summed E-state index contributed by atoms with van der Waals surface area (Å²) in [6.45, 7) is 5.96. The van der Waals surface area contributed by atoms with Crippen LogP contribution >= 0.6 is 0 Å². The monoisotopic (exact) mass is 325 g/mol. The number of nitrogens with one attached hydrogen (secondary N) is 1. The van der Waals surface area contributed by atoms with E-state index in [-0.39, 0.29) is 5.91 Å². The zero-order chi connectivity index (χ0) is 16.9. The van der Waals surface area contributed by atoms with Crippen molar-refractivity contribution in [3.05, 3.63) is 47.8 Å². The zero-order valence-corrected chi connectivity index (χ0v) is 14.2. The number of hydrogen-bond acceptors (Lipinski definition) is 5. The minimum atomic E-state index is -0.145. The first-order valence-corrected chi connectivity index (χ1v) is 8.31. The van der Waals surface area contributed by atoms with E-state index < -0.39 is 0 Å². The van der Waals surface area contributed by atoms with Gasteiger partial charge in [-0.05, 0) is 31.2 Å². The van der Waals surface area contributed by atoms with E-state index in [1.807, 2.05) is 24.3 Å². The molecule has 3 rings (SSSR count). The van der Waals surface area contributed by atoms with Gasteiger partial charge in [-0.25, -0.2) is 9.97 Å². The Kier molecular flexibility index (Phi) is 5.05. The number of amides is 1. The van der Waals surface area contributed by atoms with Crippen molar-refractivity contribution >= 4 is 17.5 Å². The molecule has 0 atom stereocenters. The smallest absolute Gasteiger partial charge is 0.255 e. The number of likely N-dealkylation sites (N-methyl/N-ethyl adjacent to an activating group) is 1. The van der Waals surface area contributed by atoms with E-state index in [9.17, 15) is 4.79 Å². The van der Waals surface area contributed by atoms with Crippen LogP contribution in [0, 0.1) is 0 Å². The van der Waals surface area contributed by atoms with Crippen molar-refractivity contribution < 1.29 is 4.79 Å². The lowest BCUT2D eigenvalue weighted by atomic mass is 10.1. The van der Waals surface area contributed by atoms with Crippen LogP contribution < -0.4 is 10.2 Å². The molecule has 1 amide bonds. The number of rotatable bonds is 4. The van der Waals surface area contributed by atoms with E-state index in [2.05, 4.69) is 39.1 Å². The number of piperazine rings is 1. The highest BCUT2D eigenvalue weighted by atomic mass is 16.1. The van der Waals surface area contributed by atoms with Crippen LogP contribution in [0.1, 0.15) is 22.8 Å². The quantitative estimate of drug-likeness (QED) is 0.932. The van der Waals surface area contributed by atoms with Gasteiger partial charge in [0.2, 0.25) is 5.95 Å². The summed E-state index contributed by atoms with van der Waals surface area (Å²) in [5, 5.41) is 2.84. The summed E-state index contributed by atoms with van der Waals surface area (Å²) in [6, 6.07) is 7.63. The Balaban J connectivity index is 1.62. The molecule has 1 aliphatic rings. The molecular formula is C18H23N5O. The van der Waals surface area contributed by atoms with Gasteiger partial charge in [0.05, 0.1) is 18.1 Å². The number of aromatic nitrogens is 2. The third-order valence-electron chi connectivity index (χ3n) is 4.31. The van der Waals surface area contributed by atoms with Crippen LogP contribution in [0.25, 0.3) is 0 Å². The number of benzene rings is 1. The molecule has 0 bridgehead atoms. The van der Waals surface area contributed by atoms with E-state index >= 15 is 0 Å². The van der Waals surface area contributed by atoms with Crippen LogP contribution in [0.5, 0.6) is 0 Å². The van der Waals surface area contributed by atoms with Crippen molar-refractivity contribution in [2.75, 3.05) is 43.4 Å². The van der Waals surface area contributed by atoms with Crippen LogP contribution in [-0.4, -0.2) is 54.0 Å². The summed E-state index contributed by atoms with van der Waals surface area (Å²) in [5.41, 5.74) is 2.46. The Morgan fingerprint density at radius 1 is 1.08 bits per heavy atom. The van der Waals surface area contributed by atoms with Gasteiger partial charge in [0.15, 0.2) is 0 Å². The molecule has 1 fully saturated rings. The lowest BCUT2D eigenvalue weighted by Gasteiger charge is -2.32. The predicted molar refractivity (Wildman–Crippen MR) is 95.5 cm³/mol. The standard InChI is InChI=1S/C18H23N5O/c1-3-14-4-6-15(7-5-14)17(24)21-16-12-19-18(20-13-16)23-10-8-22(2)9-11-23/h4-7,12-13H,3,8-11H2,1-2H3,(H,21,24). The number of carbonyl (C=O) groups excluding carboxylic acids is 1. The summed E-state index contributed by atoms with van der Waals surface area (Å²) < 4.78 is 0. The third-order valence-corrected chi connectivity index (χ3v) is 4.31. The van der Waals surface area contributed by atoms with Crippen molar-refractivity contribution in [1.82, 2.24) is 14.9 Å². The van der Waals surface area contributed by atoms with Crippen molar-refractivity contribution in [1.29, 1.82) is 0 Å². The van der Waals surface area contributed by atoms with Crippen LogP contribution in [-0.2, 0) is 6.42 Å². The molecule has 6 nitrogen and oxygen atoms in total. The molecule has 2 heterocycles. The molecule has 1 aromatic heterocycles. The van der Waals surface area contributed by atoms with E-state index in [4.69, 9.17) is 0 Å². The van der Waals surface area contributed by atoms with Gasteiger partial charge in [-0.15, -0.1) is 0 Å². The molecule has 1 aromatic carbocycles. The zero-order valence-electron chi connectivity index (χ0n) is 14.2. The maximum absolute atomic E-state index is 12.3. The van der Waals surface area contributed by atoms with Gasteiger partial charge in [-0.2, -0.15) is 0 Å². The highest BCUT2D eigenvalue weighted by Crippen LogP contribution is 2.13. The first-order chi connectivity index (χ1) is 11.7. The minimum absolute atomic E-state index is 0.145. The molecule has 1 saturated heterocycles. The van der Waals surface area contributed by atoms with E-state index in [1.165, 1.54) is 5.56 Å². The van der Waals surface area contributed by atoms with Gasteiger partial charge < -0.3 is 15.1 Å². The maximum atomic E-state index is 12.3. The Morgan fingerprint density at radius 3 is 2.29 bits per heavy atom. The van der Waals surface area contributed by atoms with Crippen molar-refractivity contribution in [3.63, 3.8) is 0 Å². The van der Waals surface area contributed by atoms with Crippen molar-refractivity contribution in [3.8, 4) is 0 Å². The number of anilines is 2. The summed E-state index contributed by atoms with van der Waals surface area (Å²) in [6.07, 6.45) is 4.29. The summed E-state index contributed by atoms with van der Waals surface area (Å²) in [7, 11) is 2.11. The SMILES string of the molecule is CCc1ccc(C(=O)Nc2cnc(N3CCN(C)CC3)nc2)cc1. The second-order valence-corrected chi connectivity index (χ2v) is 6.07. The average molecular weight is 325 g/mol. The van der Waals surface area contributed by atoms with Gasteiger partial charge in [0.1, 0.15) is 0 Å². The first-order valence-electron chi connectivity index (χ1n) is 8.31. The maximum Gasteiger partial charge on any atom is 0.255 e. The lowest BCUT2D eigenvalue weighted by molar-refractivity contribution is 0.102. The van der Waals surface area contributed by atoms with Gasteiger partial charge in [-0.1, -0.05) is 19.1 Å². The summed E-state index contributed by atoms with van der Waals surface area (Å²) >= 11 is 0. The average Bonchev–Trinajstić information content (AvgIpc) is 2.63. The summed E-state index contributed by atoms with van der Waals surface area (Å²) in [5.74, 6) is 0.571. The van der Waals surface area contributed by atoms with Gasteiger partial charge >= 0.3 is 0 Å². The van der Waals surface area contributed by atoms with Gasteiger partial charge in [0, 0.05) is 31.7 Å². The number of nitrogens with zero attached hydrogens (tertiary/aromatic N) is 4. The van der Waals surface area contributed by atoms with Crippen LogP contribution in [0.3, 0.4) is 0 Å². The van der Waals surface area contributed by atoms with Crippen molar-refractivity contribution in [2.24, 2.45) is 0 Å². The highest BCUT2D eigenvalue weighted by Gasteiger charge is 2.16. The Morgan fingerprint density at radius 2 is 1.71 bits per heavy atom.